The molecule has 1 N–H and O–H groups in total. The van der Waals surface area contributed by atoms with E-state index < -0.39 is 0 Å². The first-order valence-electron chi connectivity index (χ1n) is 3.49. The summed E-state index contributed by atoms with van der Waals surface area (Å²) < 4.78 is 2.71. The fourth-order valence-corrected chi connectivity index (χ4v) is 1.29. The SMILES string of the molecule is CNc1nc2ccc(Br)cn2n1. The summed E-state index contributed by atoms with van der Waals surface area (Å²) in [5, 5.41) is 7.03. The number of nitrogens with one attached hydrogen (secondary N) is 1. The van der Waals surface area contributed by atoms with Gasteiger partial charge in [0.15, 0.2) is 5.65 Å². The predicted molar refractivity (Wildman–Crippen MR) is 50.2 cm³/mol. The number of aromatic nitrogens is 3. The predicted octanol–water partition coefficient (Wildman–Crippen LogP) is 1.53. The minimum Gasteiger partial charge on any atom is -0.356 e. The molecule has 2 rings (SSSR count). The van der Waals surface area contributed by atoms with Crippen LogP contribution in [0.1, 0.15) is 0 Å². The second-order valence-corrected chi connectivity index (χ2v) is 3.25. The van der Waals surface area contributed by atoms with Crippen molar-refractivity contribution in [2.75, 3.05) is 12.4 Å². The van der Waals surface area contributed by atoms with Gasteiger partial charge < -0.3 is 5.32 Å². The fourth-order valence-electron chi connectivity index (χ4n) is 0.964. The summed E-state index contributed by atoms with van der Waals surface area (Å²) in [5.74, 6) is 0.633. The zero-order chi connectivity index (χ0) is 8.55. The molecule has 62 valence electrons. The number of halogens is 1. The third-order valence-electron chi connectivity index (χ3n) is 1.52. The number of anilines is 1. The van der Waals surface area contributed by atoms with Crippen LogP contribution in [0.2, 0.25) is 0 Å². The molecule has 0 radical (unpaired) electrons. The van der Waals surface area contributed by atoms with Gasteiger partial charge in [-0.1, -0.05) is 0 Å². The third-order valence-corrected chi connectivity index (χ3v) is 1.99. The average molecular weight is 227 g/mol. The fraction of sp³-hybridized carbons (Fsp3) is 0.143. The highest BCUT2D eigenvalue weighted by Crippen LogP contribution is 2.11. The second kappa shape index (κ2) is 2.75. The Labute approximate surface area is 77.7 Å². The summed E-state index contributed by atoms with van der Waals surface area (Å²) >= 11 is 3.35. The van der Waals surface area contributed by atoms with Crippen LogP contribution >= 0.6 is 15.9 Å². The molecule has 0 saturated heterocycles. The minimum absolute atomic E-state index is 0.633. The summed E-state index contributed by atoms with van der Waals surface area (Å²) in [6, 6.07) is 3.83. The Balaban J connectivity index is 2.67. The Hall–Kier alpha value is -1.10. The Morgan fingerprint density at radius 3 is 3.08 bits per heavy atom. The van der Waals surface area contributed by atoms with Gasteiger partial charge in [0.2, 0.25) is 5.95 Å². The maximum atomic E-state index is 4.19. The Bertz CT molecular complexity index is 409. The van der Waals surface area contributed by atoms with Crippen molar-refractivity contribution in [2.45, 2.75) is 0 Å². The molecule has 0 unspecified atom stereocenters. The topological polar surface area (TPSA) is 42.2 Å². The molecule has 2 aromatic heterocycles. The van der Waals surface area contributed by atoms with Crippen molar-refractivity contribution in [3.63, 3.8) is 0 Å². The van der Waals surface area contributed by atoms with Gasteiger partial charge in [-0.15, -0.1) is 5.10 Å². The van der Waals surface area contributed by atoms with E-state index in [4.69, 9.17) is 0 Å². The number of rotatable bonds is 1. The molecule has 0 spiro atoms. The molecule has 12 heavy (non-hydrogen) atoms. The van der Waals surface area contributed by atoms with Crippen molar-refractivity contribution in [3.8, 4) is 0 Å². The van der Waals surface area contributed by atoms with E-state index in [2.05, 4.69) is 31.3 Å². The largest absolute Gasteiger partial charge is 0.356 e. The average Bonchev–Trinajstić information content (AvgIpc) is 2.46. The molecule has 5 heteroatoms. The van der Waals surface area contributed by atoms with Gasteiger partial charge >= 0.3 is 0 Å². The molecule has 0 saturated carbocycles. The van der Waals surface area contributed by atoms with Gasteiger partial charge in [-0.2, -0.15) is 4.98 Å². The summed E-state index contributed by atoms with van der Waals surface area (Å²) in [6.07, 6.45) is 1.86. The van der Waals surface area contributed by atoms with Gasteiger partial charge in [0, 0.05) is 17.7 Å². The molecule has 0 atom stereocenters. The van der Waals surface area contributed by atoms with E-state index >= 15 is 0 Å². The lowest BCUT2D eigenvalue weighted by Gasteiger charge is -1.89. The Morgan fingerprint density at radius 2 is 2.33 bits per heavy atom. The summed E-state index contributed by atoms with van der Waals surface area (Å²) in [4.78, 5) is 4.19. The van der Waals surface area contributed by atoms with Gasteiger partial charge in [0.25, 0.3) is 0 Å². The monoisotopic (exact) mass is 226 g/mol. The van der Waals surface area contributed by atoms with Crippen LogP contribution in [0, 0.1) is 0 Å². The minimum atomic E-state index is 0.633. The van der Waals surface area contributed by atoms with Gasteiger partial charge in [-0.25, -0.2) is 4.52 Å². The van der Waals surface area contributed by atoms with Crippen LogP contribution in [-0.4, -0.2) is 21.6 Å². The molecule has 0 aliphatic carbocycles. The molecule has 0 aliphatic rings. The highest BCUT2D eigenvalue weighted by atomic mass is 79.9. The molecule has 0 aromatic carbocycles. The number of fused-ring (bicyclic) bond motifs is 1. The normalized spacial score (nSPS) is 10.5. The van der Waals surface area contributed by atoms with Crippen LogP contribution in [0.25, 0.3) is 5.65 Å². The smallest absolute Gasteiger partial charge is 0.242 e. The molecule has 0 aliphatic heterocycles. The van der Waals surface area contributed by atoms with Crippen molar-refractivity contribution in [1.82, 2.24) is 14.6 Å². The molecular weight excluding hydrogens is 220 g/mol. The third kappa shape index (κ3) is 1.16. The lowest BCUT2D eigenvalue weighted by Crippen LogP contribution is -1.90. The van der Waals surface area contributed by atoms with Gasteiger partial charge in [-0.05, 0) is 28.1 Å². The quantitative estimate of drug-likeness (QED) is 0.803. The van der Waals surface area contributed by atoms with Gasteiger partial charge in [0.05, 0.1) is 0 Å². The molecule has 0 bridgehead atoms. The molecule has 2 heterocycles. The van der Waals surface area contributed by atoms with Gasteiger partial charge in [0.1, 0.15) is 0 Å². The van der Waals surface area contributed by atoms with Crippen molar-refractivity contribution < 1.29 is 0 Å². The van der Waals surface area contributed by atoms with Crippen molar-refractivity contribution in [3.05, 3.63) is 22.8 Å². The number of hydrogen-bond donors (Lipinski definition) is 1. The summed E-state index contributed by atoms with van der Waals surface area (Å²) in [6.45, 7) is 0. The van der Waals surface area contributed by atoms with Crippen LogP contribution in [-0.2, 0) is 0 Å². The first kappa shape index (κ1) is 7.54. The summed E-state index contributed by atoms with van der Waals surface area (Å²) in [5.41, 5.74) is 0.836. The molecule has 4 nitrogen and oxygen atoms in total. The lowest BCUT2D eigenvalue weighted by atomic mass is 10.5. The van der Waals surface area contributed by atoms with Crippen LogP contribution in [0.5, 0.6) is 0 Å². The standard InChI is InChI=1S/C7H7BrN4/c1-9-7-10-6-3-2-5(8)4-12(6)11-7/h2-4H,1H3,(H,9,11). The highest BCUT2D eigenvalue weighted by molar-refractivity contribution is 9.10. The van der Waals surface area contributed by atoms with Crippen molar-refractivity contribution in [1.29, 1.82) is 0 Å². The van der Waals surface area contributed by atoms with E-state index in [1.165, 1.54) is 0 Å². The number of hydrogen-bond acceptors (Lipinski definition) is 3. The van der Waals surface area contributed by atoms with E-state index in [-0.39, 0.29) is 0 Å². The first-order valence-corrected chi connectivity index (χ1v) is 4.28. The van der Waals surface area contributed by atoms with Crippen molar-refractivity contribution >= 4 is 27.5 Å². The maximum Gasteiger partial charge on any atom is 0.242 e. The van der Waals surface area contributed by atoms with E-state index in [0.29, 0.717) is 5.95 Å². The van der Waals surface area contributed by atoms with Crippen LogP contribution in [0.15, 0.2) is 22.8 Å². The Kier molecular flexibility index (Phi) is 1.73. The number of nitrogens with zero attached hydrogens (tertiary/aromatic N) is 3. The van der Waals surface area contributed by atoms with E-state index in [1.54, 1.807) is 11.6 Å². The first-order chi connectivity index (χ1) is 5.79. The van der Waals surface area contributed by atoms with E-state index in [9.17, 15) is 0 Å². The maximum absolute atomic E-state index is 4.19. The zero-order valence-corrected chi connectivity index (χ0v) is 8.04. The summed E-state index contributed by atoms with van der Waals surface area (Å²) in [7, 11) is 1.80. The molecular formula is C7H7BrN4. The highest BCUT2D eigenvalue weighted by Gasteiger charge is 1.99. The Morgan fingerprint density at radius 1 is 1.50 bits per heavy atom. The molecule has 0 amide bonds. The van der Waals surface area contributed by atoms with E-state index in [0.717, 1.165) is 10.1 Å². The van der Waals surface area contributed by atoms with E-state index in [1.807, 2.05) is 18.3 Å². The zero-order valence-electron chi connectivity index (χ0n) is 6.45. The van der Waals surface area contributed by atoms with Crippen molar-refractivity contribution in [2.24, 2.45) is 0 Å². The number of pyridine rings is 1. The lowest BCUT2D eigenvalue weighted by molar-refractivity contribution is 0.958. The van der Waals surface area contributed by atoms with Crippen LogP contribution in [0.4, 0.5) is 5.95 Å². The molecule has 0 fully saturated rings. The van der Waals surface area contributed by atoms with Crippen LogP contribution < -0.4 is 5.32 Å². The molecule has 2 aromatic rings. The van der Waals surface area contributed by atoms with Gasteiger partial charge in [-0.3, -0.25) is 0 Å². The second-order valence-electron chi connectivity index (χ2n) is 2.34. The van der Waals surface area contributed by atoms with Crippen LogP contribution in [0.3, 0.4) is 0 Å².